The molecule has 0 N–H and O–H groups in total. The van der Waals surface area contributed by atoms with Crippen LogP contribution >= 0.6 is 11.8 Å². The summed E-state index contributed by atoms with van der Waals surface area (Å²) in [5.74, 6) is -2.57. The first kappa shape index (κ1) is 23.6. The molecule has 0 radical (unpaired) electrons. The zero-order chi connectivity index (χ0) is 22.3. The molecule has 1 aromatic heterocycles. The van der Waals surface area contributed by atoms with E-state index in [1.807, 2.05) is 0 Å². The Kier molecular flexibility index (Phi) is 8.60. The highest BCUT2D eigenvalue weighted by Crippen LogP contribution is 2.36. The molecule has 1 aliphatic heterocycles. The number of thioether (sulfide) groups is 1. The predicted octanol–water partition coefficient (Wildman–Crippen LogP) is 1.26. The Morgan fingerprint density at radius 3 is 2.03 bits per heavy atom. The molecule has 0 saturated carbocycles. The summed E-state index contributed by atoms with van der Waals surface area (Å²) >= 11 is 1.12. The third-order valence-corrected chi connectivity index (χ3v) is 4.92. The SMILES string of the molecule is CC(=O)OC[C@H]1O[C@H](Sc2ccccn2)[C@H](OC(C)=O)[C@@H](OC(C)=O)[C@@H]1OC(C)=O. The van der Waals surface area contributed by atoms with E-state index < -0.39 is 53.7 Å². The van der Waals surface area contributed by atoms with Crippen LogP contribution < -0.4 is 0 Å². The van der Waals surface area contributed by atoms with Crippen molar-refractivity contribution in [2.75, 3.05) is 6.61 Å². The van der Waals surface area contributed by atoms with Gasteiger partial charge < -0.3 is 23.7 Å². The second kappa shape index (κ2) is 10.9. The lowest BCUT2D eigenvalue weighted by Crippen LogP contribution is -2.61. The second-order valence-corrected chi connectivity index (χ2v) is 7.47. The number of ether oxygens (including phenoxy) is 5. The van der Waals surface area contributed by atoms with Gasteiger partial charge in [0.1, 0.15) is 12.7 Å². The number of hydrogen-bond donors (Lipinski definition) is 0. The monoisotopic (exact) mass is 441 g/mol. The van der Waals surface area contributed by atoms with Gasteiger partial charge in [0.15, 0.2) is 23.7 Å². The standard InChI is InChI=1S/C19H23NO9S/c1-10(21)25-9-14-16(26-11(2)22)17(27-12(3)23)18(28-13(4)24)19(29-14)30-15-7-5-6-8-20-15/h5-8,14,16-19H,9H2,1-4H3/t14-,16-,17+,18-,19-/m1/s1. The molecule has 1 saturated heterocycles. The van der Waals surface area contributed by atoms with E-state index in [2.05, 4.69) is 4.98 Å². The van der Waals surface area contributed by atoms with Crippen LogP contribution in [0.5, 0.6) is 0 Å². The number of nitrogens with zero attached hydrogens (tertiary/aromatic N) is 1. The first-order chi connectivity index (χ1) is 14.2. The fraction of sp³-hybridized carbons (Fsp3) is 0.526. The summed E-state index contributed by atoms with van der Waals surface area (Å²) in [4.78, 5) is 50.7. The van der Waals surface area contributed by atoms with Gasteiger partial charge in [-0.05, 0) is 12.1 Å². The van der Waals surface area contributed by atoms with E-state index >= 15 is 0 Å². The number of aromatic nitrogens is 1. The van der Waals surface area contributed by atoms with E-state index in [-0.39, 0.29) is 6.61 Å². The van der Waals surface area contributed by atoms with Crippen molar-refractivity contribution in [2.24, 2.45) is 0 Å². The lowest BCUT2D eigenvalue weighted by molar-refractivity contribution is -0.237. The van der Waals surface area contributed by atoms with Crippen LogP contribution in [0.25, 0.3) is 0 Å². The van der Waals surface area contributed by atoms with Gasteiger partial charge >= 0.3 is 23.9 Å². The Morgan fingerprint density at radius 2 is 1.50 bits per heavy atom. The summed E-state index contributed by atoms with van der Waals surface area (Å²) in [6.45, 7) is 4.49. The van der Waals surface area contributed by atoms with Crippen LogP contribution in [0.1, 0.15) is 27.7 Å². The topological polar surface area (TPSA) is 127 Å². The molecular formula is C19H23NO9S. The van der Waals surface area contributed by atoms with Gasteiger partial charge in [-0.15, -0.1) is 0 Å². The predicted molar refractivity (Wildman–Crippen MR) is 102 cm³/mol. The zero-order valence-electron chi connectivity index (χ0n) is 16.9. The minimum atomic E-state index is -1.19. The van der Waals surface area contributed by atoms with Gasteiger partial charge in [-0.2, -0.15) is 0 Å². The lowest BCUT2D eigenvalue weighted by Gasteiger charge is -2.44. The summed E-state index contributed by atoms with van der Waals surface area (Å²) in [6, 6.07) is 5.22. The van der Waals surface area contributed by atoms with Crippen molar-refractivity contribution in [3.05, 3.63) is 24.4 Å². The molecule has 10 nitrogen and oxygen atoms in total. The van der Waals surface area contributed by atoms with Gasteiger partial charge in [0.2, 0.25) is 0 Å². The van der Waals surface area contributed by atoms with Crippen LogP contribution in [0.3, 0.4) is 0 Å². The van der Waals surface area contributed by atoms with E-state index in [1.165, 1.54) is 27.7 Å². The first-order valence-electron chi connectivity index (χ1n) is 9.05. The van der Waals surface area contributed by atoms with E-state index in [4.69, 9.17) is 23.7 Å². The highest BCUT2D eigenvalue weighted by atomic mass is 32.2. The van der Waals surface area contributed by atoms with Gasteiger partial charge in [0.05, 0.1) is 5.03 Å². The second-order valence-electron chi connectivity index (χ2n) is 6.35. The van der Waals surface area contributed by atoms with Crippen LogP contribution in [-0.4, -0.2) is 65.3 Å². The highest BCUT2D eigenvalue weighted by molar-refractivity contribution is 7.99. The van der Waals surface area contributed by atoms with Crippen LogP contribution in [0.15, 0.2) is 29.4 Å². The molecule has 0 amide bonds. The molecule has 1 aromatic rings. The van der Waals surface area contributed by atoms with E-state index in [1.54, 1.807) is 24.4 Å². The van der Waals surface area contributed by atoms with Crippen molar-refractivity contribution in [1.82, 2.24) is 4.98 Å². The van der Waals surface area contributed by atoms with Gasteiger partial charge in [-0.1, -0.05) is 17.8 Å². The molecule has 11 heteroatoms. The Balaban J connectivity index is 2.42. The van der Waals surface area contributed by atoms with Crippen molar-refractivity contribution in [1.29, 1.82) is 0 Å². The Labute approximate surface area is 177 Å². The minimum absolute atomic E-state index is 0.267. The van der Waals surface area contributed by atoms with E-state index in [0.29, 0.717) is 5.03 Å². The molecular weight excluding hydrogens is 418 g/mol. The van der Waals surface area contributed by atoms with Crippen molar-refractivity contribution in [3.8, 4) is 0 Å². The van der Waals surface area contributed by atoms with Gasteiger partial charge in [-0.3, -0.25) is 19.2 Å². The summed E-state index contributed by atoms with van der Waals surface area (Å²) < 4.78 is 27.1. The van der Waals surface area contributed by atoms with E-state index in [0.717, 1.165) is 11.8 Å². The van der Waals surface area contributed by atoms with Crippen LogP contribution in [0.4, 0.5) is 0 Å². The highest BCUT2D eigenvalue weighted by Gasteiger charge is 2.52. The molecule has 5 atom stereocenters. The average molecular weight is 441 g/mol. The van der Waals surface area contributed by atoms with Gasteiger partial charge in [0.25, 0.3) is 0 Å². The van der Waals surface area contributed by atoms with E-state index in [9.17, 15) is 19.2 Å². The quantitative estimate of drug-likeness (QED) is 0.448. The normalized spacial score (nSPS) is 25.7. The number of hydrogen-bond acceptors (Lipinski definition) is 11. The van der Waals surface area contributed by atoms with Crippen LogP contribution in [0.2, 0.25) is 0 Å². The largest absolute Gasteiger partial charge is 0.463 e. The third kappa shape index (κ3) is 6.99. The number of carbonyl (C=O) groups is 4. The van der Waals surface area contributed by atoms with Gasteiger partial charge in [-0.25, -0.2) is 4.98 Å². The number of rotatable bonds is 7. The molecule has 0 bridgehead atoms. The first-order valence-corrected chi connectivity index (χ1v) is 9.93. The molecule has 164 valence electrons. The lowest BCUT2D eigenvalue weighted by atomic mass is 9.99. The van der Waals surface area contributed by atoms with Crippen LogP contribution in [0, 0.1) is 0 Å². The molecule has 30 heavy (non-hydrogen) atoms. The molecule has 1 fully saturated rings. The summed E-state index contributed by atoms with van der Waals surface area (Å²) in [5.41, 5.74) is -0.888. The van der Waals surface area contributed by atoms with Crippen LogP contribution in [-0.2, 0) is 42.9 Å². The van der Waals surface area contributed by atoms with Crippen molar-refractivity contribution in [3.63, 3.8) is 0 Å². The van der Waals surface area contributed by atoms with Crippen molar-refractivity contribution in [2.45, 2.75) is 62.6 Å². The third-order valence-electron chi connectivity index (χ3n) is 3.82. The average Bonchev–Trinajstić information content (AvgIpc) is 2.64. The minimum Gasteiger partial charge on any atom is -0.463 e. The fourth-order valence-corrected chi connectivity index (χ4v) is 3.88. The molecule has 0 unspecified atom stereocenters. The Hall–Kier alpha value is -2.66. The zero-order valence-corrected chi connectivity index (χ0v) is 17.7. The fourth-order valence-electron chi connectivity index (χ4n) is 2.82. The summed E-state index contributed by atoms with van der Waals surface area (Å²) in [6.07, 6.45) is -2.87. The molecule has 0 aliphatic carbocycles. The number of carbonyl (C=O) groups excluding carboxylic acids is 4. The molecule has 1 aliphatic rings. The summed E-state index contributed by atoms with van der Waals surface area (Å²) in [5, 5.41) is 0.554. The Morgan fingerprint density at radius 1 is 0.900 bits per heavy atom. The van der Waals surface area contributed by atoms with Gasteiger partial charge in [0, 0.05) is 33.9 Å². The smallest absolute Gasteiger partial charge is 0.303 e. The maximum atomic E-state index is 11.8. The molecule has 0 aromatic carbocycles. The Bertz CT molecular complexity index is 773. The van der Waals surface area contributed by atoms with Crippen molar-refractivity contribution < 1.29 is 42.9 Å². The molecule has 2 rings (SSSR count). The molecule has 2 heterocycles. The molecule has 0 spiro atoms. The summed E-state index contributed by atoms with van der Waals surface area (Å²) in [7, 11) is 0. The number of esters is 4. The number of pyridine rings is 1. The maximum Gasteiger partial charge on any atom is 0.303 e. The van der Waals surface area contributed by atoms with Crippen molar-refractivity contribution >= 4 is 35.6 Å². The maximum absolute atomic E-state index is 11.8.